The zero-order valence-electron chi connectivity index (χ0n) is 16.4. The molecule has 0 unspecified atom stereocenters. The van der Waals surface area contributed by atoms with Crippen molar-refractivity contribution in [1.82, 2.24) is 20.0 Å². The summed E-state index contributed by atoms with van der Waals surface area (Å²) in [6.45, 7) is 8.94. The van der Waals surface area contributed by atoms with E-state index in [1.54, 1.807) is 4.90 Å². The maximum atomic E-state index is 13.1. The number of amides is 1. The fourth-order valence-corrected chi connectivity index (χ4v) is 2.87. The van der Waals surface area contributed by atoms with E-state index in [0.717, 1.165) is 22.5 Å². The van der Waals surface area contributed by atoms with Gasteiger partial charge in [0.05, 0.1) is 17.9 Å². The van der Waals surface area contributed by atoms with Crippen LogP contribution in [0.5, 0.6) is 0 Å². The Morgan fingerprint density at radius 3 is 2.40 bits per heavy atom. The summed E-state index contributed by atoms with van der Waals surface area (Å²) in [5, 5.41) is 7.43. The van der Waals surface area contributed by atoms with Gasteiger partial charge >= 0.3 is 0 Å². The molecule has 0 spiro atoms. The molecule has 0 saturated heterocycles. The molecule has 1 aromatic heterocycles. The van der Waals surface area contributed by atoms with E-state index in [2.05, 4.69) is 37.0 Å². The highest BCUT2D eigenvalue weighted by atomic mass is 16.2. The first-order valence-corrected chi connectivity index (χ1v) is 8.62. The first-order chi connectivity index (χ1) is 11.6. The number of rotatable bonds is 5. The first-order valence-electron chi connectivity index (χ1n) is 8.62. The molecule has 0 aliphatic carbocycles. The number of nitrogens with one attached hydrogen (secondary N) is 1. The highest BCUT2D eigenvalue weighted by molar-refractivity contribution is 5.83. The van der Waals surface area contributed by atoms with Gasteiger partial charge in [0.1, 0.15) is 6.04 Å². The fourth-order valence-electron chi connectivity index (χ4n) is 2.87. The fraction of sp³-hybridized carbons (Fsp3) is 0.500. The van der Waals surface area contributed by atoms with E-state index in [1.165, 1.54) is 0 Å². The second kappa shape index (κ2) is 7.40. The van der Waals surface area contributed by atoms with Crippen LogP contribution in [0.4, 0.5) is 0 Å². The van der Waals surface area contributed by atoms with Crippen LogP contribution in [0.1, 0.15) is 49.3 Å². The van der Waals surface area contributed by atoms with Gasteiger partial charge in [0.25, 0.3) is 0 Å². The van der Waals surface area contributed by atoms with Crippen LogP contribution in [0.15, 0.2) is 30.3 Å². The number of aromatic amines is 1. The molecule has 1 N–H and O–H groups in total. The van der Waals surface area contributed by atoms with Gasteiger partial charge in [-0.1, -0.05) is 50.6 Å². The van der Waals surface area contributed by atoms with Crippen molar-refractivity contribution in [2.45, 2.75) is 45.7 Å². The summed E-state index contributed by atoms with van der Waals surface area (Å²) in [5.74, 6) is 0.0718. The third-order valence-electron chi connectivity index (χ3n) is 4.29. The van der Waals surface area contributed by atoms with Crippen molar-refractivity contribution in [3.8, 4) is 0 Å². The lowest BCUT2D eigenvalue weighted by molar-refractivity contribution is -0.135. The van der Waals surface area contributed by atoms with E-state index in [1.807, 2.05) is 57.2 Å². The Hall–Kier alpha value is -2.14. The molecular formula is C20H30N4O. The van der Waals surface area contributed by atoms with Crippen molar-refractivity contribution in [2.75, 3.05) is 21.1 Å². The van der Waals surface area contributed by atoms with Crippen LogP contribution in [0.2, 0.25) is 0 Å². The van der Waals surface area contributed by atoms with Crippen LogP contribution in [0, 0.1) is 6.92 Å². The van der Waals surface area contributed by atoms with Gasteiger partial charge in [-0.2, -0.15) is 5.10 Å². The van der Waals surface area contributed by atoms with Crippen molar-refractivity contribution in [1.29, 1.82) is 0 Å². The molecule has 136 valence electrons. The Morgan fingerprint density at radius 2 is 1.88 bits per heavy atom. The van der Waals surface area contributed by atoms with Crippen molar-refractivity contribution in [2.24, 2.45) is 0 Å². The summed E-state index contributed by atoms with van der Waals surface area (Å²) in [7, 11) is 5.71. The van der Waals surface area contributed by atoms with Crippen LogP contribution in [0.3, 0.4) is 0 Å². The number of H-pyrrole nitrogens is 1. The number of hydrogen-bond acceptors (Lipinski definition) is 3. The Labute approximate surface area is 151 Å². The molecular weight excluding hydrogens is 312 g/mol. The summed E-state index contributed by atoms with van der Waals surface area (Å²) in [4.78, 5) is 16.8. The Kier molecular flexibility index (Phi) is 5.68. The van der Waals surface area contributed by atoms with Crippen LogP contribution in [-0.2, 0) is 16.8 Å². The van der Waals surface area contributed by atoms with Gasteiger partial charge in [0.15, 0.2) is 0 Å². The second-order valence-corrected chi connectivity index (χ2v) is 8.00. The molecule has 1 aromatic carbocycles. The number of hydrogen-bond donors (Lipinski definition) is 1. The summed E-state index contributed by atoms with van der Waals surface area (Å²) >= 11 is 0. The number of likely N-dealkylation sites (N-methyl/N-ethyl adjacent to an activating group) is 2. The standard InChI is InChI=1S/C20H30N4O/c1-14-9-8-10-15(11-14)18(23(5)6)19(25)24(7)13-16-12-17(22-21-16)20(2,3)4/h8-12,18H,13H2,1-7H3,(H,21,22)/t18-/m1/s1. The van der Waals surface area contributed by atoms with E-state index in [0.29, 0.717) is 6.54 Å². The number of aromatic nitrogens is 2. The van der Waals surface area contributed by atoms with E-state index in [4.69, 9.17) is 0 Å². The van der Waals surface area contributed by atoms with Gasteiger partial charge in [0.2, 0.25) is 5.91 Å². The smallest absolute Gasteiger partial charge is 0.244 e. The molecule has 1 amide bonds. The second-order valence-electron chi connectivity index (χ2n) is 8.00. The maximum absolute atomic E-state index is 13.1. The molecule has 5 heteroatoms. The lowest BCUT2D eigenvalue weighted by Crippen LogP contribution is -2.38. The normalized spacial score (nSPS) is 13.1. The lowest BCUT2D eigenvalue weighted by Gasteiger charge is -2.28. The van der Waals surface area contributed by atoms with Crippen molar-refractivity contribution in [3.63, 3.8) is 0 Å². The minimum absolute atomic E-state index is 0.00886. The highest BCUT2D eigenvalue weighted by Crippen LogP contribution is 2.23. The van der Waals surface area contributed by atoms with Crippen LogP contribution >= 0.6 is 0 Å². The lowest BCUT2D eigenvalue weighted by atomic mass is 9.92. The zero-order chi connectivity index (χ0) is 18.8. The number of nitrogens with zero attached hydrogens (tertiary/aromatic N) is 3. The van der Waals surface area contributed by atoms with Gasteiger partial charge in [-0.25, -0.2) is 0 Å². The number of aryl methyl sites for hydroxylation is 1. The van der Waals surface area contributed by atoms with Gasteiger partial charge in [0, 0.05) is 12.5 Å². The van der Waals surface area contributed by atoms with Gasteiger partial charge in [-0.05, 0) is 32.6 Å². The molecule has 1 atom stereocenters. The molecule has 2 aromatic rings. The van der Waals surface area contributed by atoms with E-state index in [9.17, 15) is 4.79 Å². The zero-order valence-corrected chi connectivity index (χ0v) is 16.4. The Bertz CT molecular complexity index is 727. The SMILES string of the molecule is Cc1cccc([C@H](C(=O)N(C)Cc2cc(C(C)(C)C)n[nH]2)N(C)C)c1. The van der Waals surface area contributed by atoms with Gasteiger partial charge in [-0.15, -0.1) is 0 Å². The summed E-state index contributed by atoms with van der Waals surface area (Å²) < 4.78 is 0. The number of carbonyl (C=O) groups is 1. The molecule has 0 bridgehead atoms. The summed E-state index contributed by atoms with van der Waals surface area (Å²) in [5.41, 5.74) is 4.11. The average Bonchev–Trinajstić information content (AvgIpc) is 2.95. The molecule has 0 aliphatic rings. The van der Waals surface area contributed by atoms with Crippen molar-refractivity contribution in [3.05, 3.63) is 52.8 Å². The molecule has 0 aliphatic heterocycles. The largest absolute Gasteiger partial charge is 0.338 e. The van der Waals surface area contributed by atoms with Gasteiger partial charge < -0.3 is 4.90 Å². The topological polar surface area (TPSA) is 52.2 Å². The average molecular weight is 342 g/mol. The third-order valence-corrected chi connectivity index (χ3v) is 4.29. The molecule has 0 radical (unpaired) electrons. The Balaban J connectivity index is 2.17. The van der Waals surface area contributed by atoms with Crippen LogP contribution < -0.4 is 0 Å². The van der Waals surface area contributed by atoms with Crippen LogP contribution in [-0.4, -0.2) is 47.0 Å². The minimum atomic E-state index is -0.296. The quantitative estimate of drug-likeness (QED) is 0.907. The monoisotopic (exact) mass is 342 g/mol. The molecule has 0 saturated carbocycles. The van der Waals surface area contributed by atoms with E-state index < -0.39 is 0 Å². The molecule has 1 heterocycles. The summed E-state index contributed by atoms with van der Waals surface area (Å²) in [6, 6.07) is 9.87. The number of carbonyl (C=O) groups excluding carboxylic acids is 1. The van der Waals surface area contributed by atoms with Crippen molar-refractivity contribution < 1.29 is 4.79 Å². The molecule has 0 fully saturated rings. The van der Waals surface area contributed by atoms with E-state index >= 15 is 0 Å². The first kappa shape index (κ1) is 19.2. The predicted molar refractivity (Wildman–Crippen MR) is 101 cm³/mol. The molecule has 25 heavy (non-hydrogen) atoms. The Morgan fingerprint density at radius 1 is 1.20 bits per heavy atom. The van der Waals surface area contributed by atoms with Gasteiger partial charge in [-0.3, -0.25) is 14.8 Å². The van der Waals surface area contributed by atoms with Crippen LogP contribution in [0.25, 0.3) is 0 Å². The highest BCUT2D eigenvalue weighted by Gasteiger charge is 2.27. The number of benzene rings is 1. The molecule has 2 rings (SSSR count). The van der Waals surface area contributed by atoms with Crippen molar-refractivity contribution >= 4 is 5.91 Å². The van der Waals surface area contributed by atoms with E-state index in [-0.39, 0.29) is 17.4 Å². The maximum Gasteiger partial charge on any atom is 0.244 e. The predicted octanol–water partition coefficient (Wildman–Crippen LogP) is 3.28. The minimum Gasteiger partial charge on any atom is -0.338 e. The third kappa shape index (κ3) is 4.69. The molecule has 5 nitrogen and oxygen atoms in total. The summed E-state index contributed by atoms with van der Waals surface area (Å²) in [6.07, 6.45) is 0.